The fraction of sp³-hybridized carbons (Fsp3) is 0.833. The van der Waals surface area contributed by atoms with Crippen LogP contribution in [-0.4, -0.2) is 27.9 Å². The SMILES string of the molecule is c1nnc(CC2CCCNC2)n1CC1CC1. The van der Waals surface area contributed by atoms with E-state index in [9.17, 15) is 0 Å². The molecule has 0 spiro atoms. The summed E-state index contributed by atoms with van der Waals surface area (Å²) in [4.78, 5) is 0. The Morgan fingerprint density at radius 2 is 2.25 bits per heavy atom. The third-order valence-corrected chi connectivity index (χ3v) is 3.72. The van der Waals surface area contributed by atoms with E-state index in [1.807, 2.05) is 6.33 Å². The molecular weight excluding hydrogens is 200 g/mol. The molecule has 3 rings (SSSR count). The second kappa shape index (κ2) is 4.53. The zero-order valence-corrected chi connectivity index (χ0v) is 9.73. The van der Waals surface area contributed by atoms with E-state index in [1.54, 1.807) is 0 Å². The molecule has 1 aliphatic carbocycles. The van der Waals surface area contributed by atoms with Crippen LogP contribution in [0.4, 0.5) is 0 Å². The molecule has 2 aliphatic rings. The Hall–Kier alpha value is -0.900. The van der Waals surface area contributed by atoms with Crippen LogP contribution >= 0.6 is 0 Å². The van der Waals surface area contributed by atoms with Crippen LogP contribution in [0.25, 0.3) is 0 Å². The smallest absolute Gasteiger partial charge is 0.133 e. The topological polar surface area (TPSA) is 42.7 Å². The third kappa shape index (κ3) is 2.43. The molecule has 1 saturated heterocycles. The van der Waals surface area contributed by atoms with Crippen LogP contribution in [0, 0.1) is 11.8 Å². The van der Waals surface area contributed by atoms with E-state index < -0.39 is 0 Å². The number of hydrogen-bond acceptors (Lipinski definition) is 3. The molecule has 1 aromatic rings. The highest BCUT2D eigenvalue weighted by molar-refractivity contribution is 4.91. The van der Waals surface area contributed by atoms with Gasteiger partial charge in [0.25, 0.3) is 0 Å². The fourth-order valence-electron chi connectivity index (χ4n) is 2.52. The molecule has 2 fully saturated rings. The maximum absolute atomic E-state index is 4.28. The molecule has 4 nitrogen and oxygen atoms in total. The van der Waals surface area contributed by atoms with Crippen LogP contribution in [0.2, 0.25) is 0 Å². The highest BCUT2D eigenvalue weighted by Gasteiger charge is 2.24. The Kier molecular flexibility index (Phi) is 2.91. The minimum Gasteiger partial charge on any atom is -0.317 e. The van der Waals surface area contributed by atoms with Crippen molar-refractivity contribution in [3.63, 3.8) is 0 Å². The lowest BCUT2D eigenvalue weighted by molar-refractivity contribution is 0.365. The van der Waals surface area contributed by atoms with Gasteiger partial charge in [-0.3, -0.25) is 0 Å². The first-order chi connectivity index (χ1) is 7.92. The predicted octanol–water partition coefficient (Wildman–Crippen LogP) is 1.23. The van der Waals surface area contributed by atoms with E-state index in [2.05, 4.69) is 20.1 Å². The highest BCUT2D eigenvalue weighted by atomic mass is 15.3. The predicted molar refractivity (Wildman–Crippen MR) is 62.0 cm³/mol. The van der Waals surface area contributed by atoms with Crippen molar-refractivity contribution < 1.29 is 0 Å². The maximum Gasteiger partial charge on any atom is 0.133 e. The van der Waals surface area contributed by atoms with Crippen LogP contribution < -0.4 is 5.32 Å². The normalized spacial score (nSPS) is 25.9. The first-order valence-electron chi connectivity index (χ1n) is 6.49. The summed E-state index contributed by atoms with van der Waals surface area (Å²) in [5, 5.41) is 11.8. The summed E-state index contributed by atoms with van der Waals surface area (Å²) in [5.74, 6) is 2.86. The highest BCUT2D eigenvalue weighted by Crippen LogP contribution is 2.31. The molecule has 4 heteroatoms. The summed E-state index contributed by atoms with van der Waals surface area (Å²) in [6.07, 6.45) is 8.43. The second-order valence-electron chi connectivity index (χ2n) is 5.26. The monoisotopic (exact) mass is 220 g/mol. The standard InChI is InChI=1S/C12H20N4/c1-2-11(7-13-5-1)6-12-15-14-9-16(12)8-10-3-4-10/h9-11,13H,1-8H2. The molecule has 88 valence electrons. The molecule has 2 heterocycles. The van der Waals surface area contributed by atoms with E-state index in [-0.39, 0.29) is 0 Å². The van der Waals surface area contributed by atoms with Crippen molar-refractivity contribution in [2.75, 3.05) is 13.1 Å². The Labute approximate surface area is 96.4 Å². The molecule has 0 bridgehead atoms. The van der Waals surface area contributed by atoms with Gasteiger partial charge in [-0.1, -0.05) is 0 Å². The summed E-state index contributed by atoms with van der Waals surface area (Å²) in [7, 11) is 0. The number of rotatable bonds is 4. The molecule has 1 aromatic heterocycles. The van der Waals surface area contributed by atoms with Crippen molar-refractivity contribution in [2.24, 2.45) is 11.8 Å². The zero-order chi connectivity index (χ0) is 10.8. The fourth-order valence-corrected chi connectivity index (χ4v) is 2.52. The van der Waals surface area contributed by atoms with Gasteiger partial charge < -0.3 is 9.88 Å². The summed E-state index contributed by atoms with van der Waals surface area (Å²) < 4.78 is 2.27. The molecule has 0 aromatic carbocycles. The Balaban J connectivity index is 1.61. The van der Waals surface area contributed by atoms with Crippen molar-refractivity contribution in [1.82, 2.24) is 20.1 Å². The Morgan fingerprint density at radius 3 is 3.00 bits per heavy atom. The van der Waals surface area contributed by atoms with Crippen molar-refractivity contribution in [3.05, 3.63) is 12.2 Å². The van der Waals surface area contributed by atoms with Crippen LogP contribution in [0.5, 0.6) is 0 Å². The van der Waals surface area contributed by atoms with Gasteiger partial charge in [-0.05, 0) is 50.6 Å². The lowest BCUT2D eigenvalue weighted by atomic mass is 9.96. The first-order valence-corrected chi connectivity index (χ1v) is 6.49. The average molecular weight is 220 g/mol. The molecule has 0 amide bonds. The second-order valence-corrected chi connectivity index (χ2v) is 5.26. The summed E-state index contributed by atoms with van der Waals surface area (Å²) >= 11 is 0. The van der Waals surface area contributed by atoms with Gasteiger partial charge >= 0.3 is 0 Å². The van der Waals surface area contributed by atoms with Crippen molar-refractivity contribution >= 4 is 0 Å². The molecular formula is C12H20N4. The minimum absolute atomic E-state index is 0.760. The number of piperidine rings is 1. The molecule has 1 atom stereocenters. The zero-order valence-electron chi connectivity index (χ0n) is 9.73. The molecule has 1 N–H and O–H groups in total. The van der Waals surface area contributed by atoms with Gasteiger partial charge in [-0.2, -0.15) is 0 Å². The first kappa shape index (κ1) is 10.3. The number of hydrogen-bond donors (Lipinski definition) is 1. The molecule has 1 saturated carbocycles. The quantitative estimate of drug-likeness (QED) is 0.830. The maximum atomic E-state index is 4.28. The average Bonchev–Trinajstić information content (AvgIpc) is 3.02. The Morgan fingerprint density at radius 1 is 1.31 bits per heavy atom. The molecule has 1 aliphatic heterocycles. The van der Waals surface area contributed by atoms with Crippen molar-refractivity contribution in [2.45, 2.75) is 38.6 Å². The van der Waals surface area contributed by atoms with Gasteiger partial charge in [0.1, 0.15) is 12.2 Å². The van der Waals surface area contributed by atoms with Crippen LogP contribution in [0.15, 0.2) is 6.33 Å². The van der Waals surface area contributed by atoms with E-state index in [0.29, 0.717) is 0 Å². The number of nitrogens with one attached hydrogen (secondary N) is 1. The van der Waals surface area contributed by atoms with Gasteiger partial charge in [-0.15, -0.1) is 10.2 Å². The van der Waals surface area contributed by atoms with Crippen LogP contribution in [0.1, 0.15) is 31.5 Å². The lowest BCUT2D eigenvalue weighted by Crippen LogP contribution is -2.31. The van der Waals surface area contributed by atoms with Crippen molar-refractivity contribution in [3.8, 4) is 0 Å². The summed E-state index contributed by atoms with van der Waals surface area (Å²) in [6.45, 7) is 3.48. The molecule has 1 unspecified atom stereocenters. The molecule has 0 radical (unpaired) electrons. The van der Waals surface area contributed by atoms with E-state index in [1.165, 1.54) is 38.1 Å². The van der Waals surface area contributed by atoms with Crippen molar-refractivity contribution in [1.29, 1.82) is 0 Å². The van der Waals surface area contributed by atoms with Gasteiger partial charge in [-0.25, -0.2) is 0 Å². The van der Waals surface area contributed by atoms with Crippen LogP contribution in [0.3, 0.4) is 0 Å². The van der Waals surface area contributed by atoms with E-state index in [4.69, 9.17) is 0 Å². The van der Waals surface area contributed by atoms with Gasteiger partial charge in [0, 0.05) is 13.0 Å². The van der Waals surface area contributed by atoms with Gasteiger partial charge in [0.05, 0.1) is 0 Å². The van der Waals surface area contributed by atoms with E-state index >= 15 is 0 Å². The third-order valence-electron chi connectivity index (χ3n) is 3.72. The summed E-state index contributed by atoms with van der Waals surface area (Å²) in [5.41, 5.74) is 0. The number of nitrogens with zero attached hydrogens (tertiary/aromatic N) is 3. The lowest BCUT2D eigenvalue weighted by Gasteiger charge is -2.22. The van der Waals surface area contributed by atoms with E-state index in [0.717, 1.165) is 31.3 Å². The van der Waals surface area contributed by atoms with Crippen LogP contribution in [-0.2, 0) is 13.0 Å². The molecule has 16 heavy (non-hydrogen) atoms. The van der Waals surface area contributed by atoms with Gasteiger partial charge in [0.2, 0.25) is 0 Å². The van der Waals surface area contributed by atoms with Gasteiger partial charge in [0.15, 0.2) is 0 Å². The Bertz CT molecular complexity index is 337. The minimum atomic E-state index is 0.760. The number of aromatic nitrogens is 3. The summed E-state index contributed by atoms with van der Waals surface area (Å²) in [6, 6.07) is 0. The largest absolute Gasteiger partial charge is 0.317 e.